The third-order valence-corrected chi connectivity index (χ3v) is 3.52. The maximum absolute atomic E-state index is 13.8. The Labute approximate surface area is 123 Å². The first-order valence-corrected chi connectivity index (χ1v) is 6.75. The molecule has 2 rings (SSSR count). The molecule has 1 atom stereocenters. The standard InChI is InChI=1S/C13H13BrFNO4/c1-19-13(18)11-7-20-5-4-16(11)12(17)9-3-2-8(14)6-10(9)15/h2-3,6,11H,4-5,7H2,1H3. The fraction of sp³-hybridized carbons (Fsp3) is 0.385. The zero-order valence-corrected chi connectivity index (χ0v) is 12.4. The van der Waals surface area contributed by atoms with Gasteiger partial charge in [-0.1, -0.05) is 15.9 Å². The maximum Gasteiger partial charge on any atom is 0.331 e. The van der Waals surface area contributed by atoms with Crippen LogP contribution in [0.25, 0.3) is 0 Å². The van der Waals surface area contributed by atoms with Gasteiger partial charge in [-0.15, -0.1) is 0 Å². The lowest BCUT2D eigenvalue weighted by Gasteiger charge is -2.33. The molecular weight excluding hydrogens is 333 g/mol. The van der Waals surface area contributed by atoms with Crippen LogP contribution in [0.2, 0.25) is 0 Å². The summed E-state index contributed by atoms with van der Waals surface area (Å²) in [5, 5.41) is 0. The third kappa shape index (κ3) is 2.99. The Kier molecular flexibility index (Phi) is 4.72. The molecule has 1 aromatic carbocycles. The second kappa shape index (κ2) is 6.32. The zero-order valence-electron chi connectivity index (χ0n) is 10.8. The smallest absolute Gasteiger partial charge is 0.331 e. The van der Waals surface area contributed by atoms with Gasteiger partial charge in [0.15, 0.2) is 6.04 Å². The minimum Gasteiger partial charge on any atom is -0.467 e. The molecule has 0 aromatic heterocycles. The second-order valence-electron chi connectivity index (χ2n) is 4.24. The van der Waals surface area contributed by atoms with Crippen LogP contribution in [0.15, 0.2) is 22.7 Å². The summed E-state index contributed by atoms with van der Waals surface area (Å²) < 4.78 is 24.2. The van der Waals surface area contributed by atoms with Crippen LogP contribution in [0.1, 0.15) is 10.4 Å². The number of benzene rings is 1. The number of carbonyl (C=O) groups is 2. The highest BCUT2D eigenvalue weighted by molar-refractivity contribution is 9.10. The summed E-state index contributed by atoms with van der Waals surface area (Å²) in [7, 11) is 1.24. The van der Waals surface area contributed by atoms with Crippen molar-refractivity contribution in [2.24, 2.45) is 0 Å². The number of halogens is 2. The number of hydrogen-bond acceptors (Lipinski definition) is 4. The Bertz CT molecular complexity index is 537. The molecule has 0 spiro atoms. The van der Waals surface area contributed by atoms with Crippen LogP contribution in [0, 0.1) is 5.82 Å². The minimum atomic E-state index is -0.843. The molecule has 20 heavy (non-hydrogen) atoms. The molecule has 108 valence electrons. The molecule has 1 amide bonds. The van der Waals surface area contributed by atoms with Gasteiger partial charge in [0.2, 0.25) is 0 Å². The number of rotatable bonds is 2. The van der Waals surface area contributed by atoms with E-state index in [1.807, 2.05) is 0 Å². The van der Waals surface area contributed by atoms with Gasteiger partial charge < -0.3 is 14.4 Å². The maximum atomic E-state index is 13.8. The molecule has 1 fully saturated rings. The normalized spacial score (nSPS) is 18.8. The van der Waals surface area contributed by atoms with E-state index in [0.717, 1.165) is 0 Å². The van der Waals surface area contributed by atoms with Crippen molar-refractivity contribution in [1.82, 2.24) is 4.90 Å². The second-order valence-corrected chi connectivity index (χ2v) is 5.15. The topological polar surface area (TPSA) is 55.8 Å². The first kappa shape index (κ1) is 14.9. The van der Waals surface area contributed by atoms with Crippen molar-refractivity contribution in [2.45, 2.75) is 6.04 Å². The van der Waals surface area contributed by atoms with Gasteiger partial charge in [-0.3, -0.25) is 4.79 Å². The number of nitrogens with zero attached hydrogens (tertiary/aromatic N) is 1. The van der Waals surface area contributed by atoms with E-state index in [1.165, 1.54) is 24.1 Å². The number of amides is 1. The molecule has 5 nitrogen and oxygen atoms in total. The van der Waals surface area contributed by atoms with Crippen molar-refractivity contribution < 1.29 is 23.5 Å². The van der Waals surface area contributed by atoms with Crippen LogP contribution in [0.4, 0.5) is 4.39 Å². The van der Waals surface area contributed by atoms with Crippen LogP contribution < -0.4 is 0 Å². The van der Waals surface area contributed by atoms with Crippen LogP contribution in [-0.4, -0.2) is 49.7 Å². The predicted molar refractivity (Wildman–Crippen MR) is 71.8 cm³/mol. The number of ether oxygens (including phenoxy) is 2. The van der Waals surface area contributed by atoms with Gasteiger partial charge >= 0.3 is 5.97 Å². The summed E-state index contributed by atoms with van der Waals surface area (Å²) in [6.07, 6.45) is 0. The van der Waals surface area contributed by atoms with Crippen LogP contribution >= 0.6 is 15.9 Å². The molecule has 1 aromatic rings. The monoisotopic (exact) mass is 345 g/mol. The van der Waals surface area contributed by atoms with Gasteiger partial charge in [-0.25, -0.2) is 9.18 Å². The van der Waals surface area contributed by atoms with Crippen LogP contribution in [-0.2, 0) is 14.3 Å². The molecule has 0 saturated carbocycles. The fourth-order valence-corrected chi connectivity index (χ4v) is 2.33. The van der Waals surface area contributed by atoms with Crippen molar-refractivity contribution in [3.05, 3.63) is 34.1 Å². The molecule has 1 aliphatic heterocycles. The lowest BCUT2D eigenvalue weighted by molar-refractivity contribution is -0.151. The Morgan fingerprint density at radius 1 is 1.50 bits per heavy atom. The Hall–Kier alpha value is -1.47. The molecular formula is C13H13BrFNO4. The van der Waals surface area contributed by atoms with Gasteiger partial charge in [-0.05, 0) is 18.2 Å². The van der Waals surface area contributed by atoms with E-state index in [1.54, 1.807) is 6.07 Å². The van der Waals surface area contributed by atoms with E-state index in [9.17, 15) is 14.0 Å². The van der Waals surface area contributed by atoms with E-state index < -0.39 is 23.7 Å². The first-order valence-electron chi connectivity index (χ1n) is 5.96. The number of carbonyl (C=O) groups excluding carboxylic acids is 2. The average molecular weight is 346 g/mol. The van der Waals surface area contributed by atoms with Crippen molar-refractivity contribution >= 4 is 27.8 Å². The van der Waals surface area contributed by atoms with Crippen molar-refractivity contribution in [3.8, 4) is 0 Å². The quantitative estimate of drug-likeness (QED) is 0.764. The molecule has 1 unspecified atom stereocenters. The Balaban J connectivity index is 2.27. The van der Waals surface area contributed by atoms with Gasteiger partial charge in [0.05, 0.1) is 25.9 Å². The summed E-state index contributed by atoms with van der Waals surface area (Å²) >= 11 is 3.13. The van der Waals surface area contributed by atoms with Crippen molar-refractivity contribution in [2.75, 3.05) is 26.9 Å². The first-order chi connectivity index (χ1) is 9.54. The fourth-order valence-electron chi connectivity index (χ4n) is 2.00. The number of hydrogen-bond donors (Lipinski definition) is 0. The SMILES string of the molecule is COC(=O)C1COCCN1C(=O)c1ccc(Br)cc1F. The predicted octanol–water partition coefficient (Wildman–Crippen LogP) is 1.60. The van der Waals surface area contributed by atoms with Crippen LogP contribution in [0.5, 0.6) is 0 Å². The molecule has 0 bridgehead atoms. The summed E-state index contributed by atoms with van der Waals surface area (Å²) in [5.41, 5.74) is -0.0796. The highest BCUT2D eigenvalue weighted by Crippen LogP contribution is 2.19. The third-order valence-electron chi connectivity index (χ3n) is 3.02. The van der Waals surface area contributed by atoms with E-state index in [-0.39, 0.29) is 18.7 Å². The summed E-state index contributed by atoms with van der Waals surface area (Å²) in [6, 6.07) is 3.32. The number of methoxy groups -OCH3 is 1. The molecule has 1 saturated heterocycles. The van der Waals surface area contributed by atoms with Crippen molar-refractivity contribution in [1.29, 1.82) is 0 Å². The largest absolute Gasteiger partial charge is 0.467 e. The van der Waals surface area contributed by atoms with Gasteiger partial charge in [0.1, 0.15) is 5.82 Å². The summed E-state index contributed by atoms with van der Waals surface area (Å²) in [4.78, 5) is 25.3. The van der Waals surface area contributed by atoms with Gasteiger partial charge in [-0.2, -0.15) is 0 Å². The van der Waals surface area contributed by atoms with Gasteiger partial charge in [0, 0.05) is 11.0 Å². The molecule has 0 aliphatic carbocycles. The van der Waals surface area contributed by atoms with Crippen molar-refractivity contribution in [3.63, 3.8) is 0 Å². The summed E-state index contributed by atoms with van der Waals surface area (Å²) in [5.74, 6) is -1.76. The highest BCUT2D eigenvalue weighted by Gasteiger charge is 2.34. The summed E-state index contributed by atoms with van der Waals surface area (Å²) in [6.45, 7) is 0.571. The minimum absolute atomic E-state index is 0.0521. The van der Waals surface area contributed by atoms with Gasteiger partial charge in [0.25, 0.3) is 5.91 Å². The lowest BCUT2D eigenvalue weighted by Crippen LogP contribution is -2.53. The molecule has 0 radical (unpaired) electrons. The molecule has 0 N–H and O–H groups in total. The van der Waals surface area contributed by atoms with E-state index in [0.29, 0.717) is 11.1 Å². The molecule has 1 aliphatic rings. The molecule has 7 heteroatoms. The van der Waals surface area contributed by atoms with E-state index in [4.69, 9.17) is 4.74 Å². The van der Waals surface area contributed by atoms with E-state index in [2.05, 4.69) is 20.7 Å². The Morgan fingerprint density at radius 3 is 2.90 bits per heavy atom. The number of esters is 1. The Morgan fingerprint density at radius 2 is 2.25 bits per heavy atom. The zero-order chi connectivity index (χ0) is 14.7. The average Bonchev–Trinajstić information content (AvgIpc) is 2.46. The highest BCUT2D eigenvalue weighted by atomic mass is 79.9. The molecule has 1 heterocycles. The van der Waals surface area contributed by atoms with Crippen LogP contribution in [0.3, 0.4) is 0 Å². The van der Waals surface area contributed by atoms with E-state index >= 15 is 0 Å². The lowest BCUT2D eigenvalue weighted by atomic mass is 10.1. The number of morpholine rings is 1.